The van der Waals surface area contributed by atoms with Crippen molar-refractivity contribution in [3.05, 3.63) is 41.5 Å². The SMILES string of the molecule is Fc1c(C/C=C/C2CCCC2)ccc(OC2CCCC2)c1F. The van der Waals surface area contributed by atoms with Crippen LogP contribution in [0.3, 0.4) is 0 Å². The molecular weight excluding hydrogens is 282 g/mol. The highest BCUT2D eigenvalue weighted by molar-refractivity contribution is 5.32. The van der Waals surface area contributed by atoms with Crippen molar-refractivity contribution in [2.45, 2.75) is 63.9 Å². The molecule has 1 aromatic carbocycles. The van der Waals surface area contributed by atoms with Gasteiger partial charge in [-0.2, -0.15) is 4.39 Å². The first-order valence-electron chi connectivity index (χ1n) is 8.54. The lowest BCUT2D eigenvalue weighted by Gasteiger charge is -2.14. The quantitative estimate of drug-likeness (QED) is 0.646. The third-order valence-corrected chi connectivity index (χ3v) is 4.87. The van der Waals surface area contributed by atoms with E-state index in [-0.39, 0.29) is 11.9 Å². The molecule has 0 radical (unpaired) electrons. The fraction of sp³-hybridized carbons (Fsp3) is 0.579. The van der Waals surface area contributed by atoms with Crippen LogP contribution < -0.4 is 4.74 Å². The van der Waals surface area contributed by atoms with Crippen LogP contribution in [-0.2, 0) is 6.42 Å². The lowest BCUT2D eigenvalue weighted by Crippen LogP contribution is -2.12. The topological polar surface area (TPSA) is 9.23 Å². The van der Waals surface area contributed by atoms with Gasteiger partial charge in [-0.3, -0.25) is 0 Å². The molecule has 0 unspecified atom stereocenters. The minimum absolute atomic E-state index is 0.0435. The summed E-state index contributed by atoms with van der Waals surface area (Å²) in [4.78, 5) is 0. The van der Waals surface area contributed by atoms with Crippen LogP contribution in [0.2, 0.25) is 0 Å². The van der Waals surface area contributed by atoms with Crippen molar-refractivity contribution in [3.63, 3.8) is 0 Å². The lowest BCUT2D eigenvalue weighted by molar-refractivity contribution is 0.198. The second-order valence-electron chi connectivity index (χ2n) is 6.55. The van der Waals surface area contributed by atoms with E-state index in [0.717, 1.165) is 25.7 Å². The van der Waals surface area contributed by atoms with Crippen LogP contribution in [0.15, 0.2) is 24.3 Å². The molecule has 0 aliphatic heterocycles. The van der Waals surface area contributed by atoms with Crippen molar-refractivity contribution in [1.82, 2.24) is 0 Å². The van der Waals surface area contributed by atoms with Crippen molar-refractivity contribution in [3.8, 4) is 5.75 Å². The summed E-state index contributed by atoms with van der Waals surface area (Å²) < 4.78 is 33.9. The van der Waals surface area contributed by atoms with Crippen LogP contribution in [-0.4, -0.2) is 6.10 Å². The molecule has 2 aliphatic carbocycles. The van der Waals surface area contributed by atoms with Crippen LogP contribution in [0.5, 0.6) is 5.75 Å². The summed E-state index contributed by atoms with van der Waals surface area (Å²) in [6.07, 6.45) is 13.7. The molecule has 0 aromatic heterocycles. The Bertz CT molecular complexity index is 526. The Balaban J connectivity index is 1.63. The monoisotopic (exact) mass is 306 g/mol. The molecule has 2 fully saturated rings. The summed E-state index contributed by atoms with van der Waals surface area (Å²) in [5.41, 5.74) is 0.408. The normalized spacial score (nSPS) is 20.3. The van der Waals surface area contributed by atoms with Gasteiger partial charge in [-0.1, -0.05) is 31.1 Å². The largest absolute Gasteiger partial charge is 0.487 e. The van der Waals surface area contributed by atoms with E-state index in [9.17, 15) is 8.78 Å². The fourth-order valence-corrected chi connectivity index (χ4v) is 3.54. The Hall–Kier alpha value is -1.38. The van der Waals surface area contributed by atoms with Gasteiger partial charge in [0.25, 0.3) is 0 Å². The number of ether oxygens (including phenoxy) is 1. The summed E-state index contributed by atoms with van der Waals surface area (Å²) in [6.45, 7) is 0. The standard InChI is InChI=1S/C19H24F2O/c20-18-15(9-5-8-14-6-1-2-7-14)12-13-17(19(18)21)22-16-10-3-4-11-16/h5,8,12-14,16H,1-4,6-7,9-11H2/b8-5+. The van der Waals surface area contributed by atoms with E-state index in [4.69, 9.17) is 4.74 Å². The smallest absolute Gasteiger partial charge is 0.200 e. The molecule has 0 atom stereocenters. The van der Waals surface area contributed by atoms with E-state index in [1.807, 2.05) is 6.08 Å². The molecule has 0 spiro atoms. The first-order valence-corrected chi connectivity index (χ1v) is 8.54. The number of allylic oxidation sites excluding steroid dienone is 2. The molecule has 0 heterocycles. The maximum Gasteiger partial charge on any atom is 0.200 e. The van der Waals surface area contributed by atoms with Crippen molar-refractivity contribution < 1.29 is 13.5 Å². The highest BCUT2D eigenvalue weighted by Gasteiger charge is 2.20. The number of hydrogen-bond donors (Lipinski definition) is 0. The summed E-state index contributed by atoms with van der Waals surface area (Å²) >= 11 is 0. The molecule has 120 valence electrons. The molecule has 0 bridgehead atoms. The zero-order valence-electron chi connectivity index (χ0n) is 13.0. The minimum Gasteiger partial charge on any atom is -0.487 e. The van der Waals surface area contributed by atoms with Gasteiger partial charge >= 0.3 is 0 Å². The number of rotatable bonds is 5. The fourth-order valence-electron chi connectivity index (χ4n) is 3.54. The van der Waals surface area contributed by atoms with E-state index < -0.39 is 11.6 Å². The molecule has 3 rings (SSSR count). The predicted molar refractivity (Wildman–Crippen MR) is 84.0 cm³/mol. The van der Waals surface area contributed by atoms with E-state index in [2.05, 4.69) is 6.08 Å². The van der Waals surface area contributed by atoms with Gasteiger partial charge in [-0.05, 0) is 62.5 Å². The average Bonchev–Trinajstić information content (AvgIpc) is 3.20. The Labute approximate surface area is 131 Å². The number of hydrogen-bond acceptors (Lipinski definition) is 1. The molecule has 0 saturated heterocycles. The number of benzene rings is 1. The van der Waals surface area contributed by atoms with E-state index >= 15 is 0 Å². The third kappa shape index (κ3) is 3.68. The summed E-state index contributed by atoms with van der Waals surface area (Å²) in [7, 11) is 0. The zero-order chi connectivity index (χ0) is 15.4. The van der Waals surface area contributed by atoms with Gasteiger partial charge in [0, 0.05) is 0 Å². The van der Waals surface area contributed by atoms with Gasteiger partial charge < -0.3 is 4.74 Å². The van der Waals surface area contributed by atoms with Crippen molar-refractivity contribution in [2.75, 3.05) is 0 Å². The molecule has 1 aromatic rings. The molecule has 22 heavy (non-hydrogen) atoms. The average molecular weight is 306 g/mol. The molecule has 0 amide bonds. The number of halogens is 2. The van der Waals surface area contributed by atoms with Gasteiger partial charge in [0.15, 0.2) is 11.6 Å². The van der Waals surface area contributed by atoms with E-state index in [1.165, 1.54) is 25.7 Å². The van der Waals surface area contributed by atoms with Crippen molar-refractivity contribution in [2.24, 2.45) is 5.92 Å². The predicted octanol–water partition coefficient (Wildman–Crippen LogP) is 5.58. The van der Waals surface area contributed by atoms with Gasteiger partial charge in [0.2, 0.25) is 5.82 Å². The molecule has 2 saturated carbocycles. The Kier molecular flexibility index (Phi) is 5.12. The summed E-state index contributed by atoms with van der Waals surface area (Å²) in [6, 6.07) is 3.23. The van der Waals surface area contributed by atoms with Crippen LogP contribution in [0.1, 0.15) is 56.9 Å². The first kappa shape index (κ1) is 15.5. The molecular formula is C19H24F2O. The highest BCUT2D eigenvalue weighted by Crippen LogP contribution is 2.29. The molecule has 3 heteroatoms. The maximum absolute atomic E-state index is 14.1. The van der Waals surface area contributed by atoms with Gasteiger partial charge in [0.05, 0.1) is 6.10 Å². The van der Waals surface area contributed by atoms with Crippen molar-refractivity contribution >= 4 is 0 Å². The van der Waals surface area contributed by atoms with E-state index in [0.29, 0.717) is 17.9 Å². The summed E-state index contributed by atoms with van der Waals surface area (Å²) in [5, 5.41) is 0. The van der Waals surface area contributed by atoms with Crippen LogP contribution in [0.4, 0.5) is 8.78 Å². The maximum atomic E-state index is 14.1. The van der Waals surface area contributed by atoms with Gasteiger partial charge in [0.1, 0.15) is 0 Å². The van der Waals surface area contributed by atoms with Gasteiger partial charge in [-0.25, -0.2) is 4.39 Å². The third-order valence-electron chi connectivity index (χ3n) is 4.87. The van der Waals surface area contributed by atoms with Gasteiger partial charge in [-0.15, -0.1) is 0 Å². The Morgan fingerprint density at radius 2 is 1.64 bits per heavy atom. The first-order chi connectivity index (χ1) is 10.7. The second-order valence-corrected chi connectivity index (χ2v) is 6.55. The van der Waals surface area contributed by atoms with Crippen LogP contribution >= 0.6 is 0 Å². The zero-order valence-corrected chi connectivity index (χ0v) is 13.0. The van der Waals surface area contributed by atoms with Crippen LogP contribution in [0, 0.1) is 17.6 Å². The molecule has 1 nitrogen and oxygen atoms in total. The molecule has 0 N–H and O–H groups in total. The minimum atomic E-state index is -0.835. The molecule has 2 aliphatic rings. The highest BCUT2D eigenvalue weighted by atomic mass is 19.2. The Morgan fingerprint density at radius 3 is 2.36 bits per heavy atom. The Morgan fingerprint density at radius 1 is 0.955 bits per heavy atom. The van der Waals surface area contributed by atoms with E-state index in [1.54, 1.807) is 12.1 Å². The second kappa shape index (κ2) is 7.26. The lowest BCUT2D eigenvalue weighted by atomic mass is 10.1. The van der Waals surface area contributed by atoms with Crippen molar-refractivity contribution in [1.29, 1.82) is 0 Å². The summed E-state index contributed by atoms with van der Waals surface area (Å²) in [5.74, 6) is -0.906. The van der Waals surface area contributed by atoms with Crippen LogP contribution in [0.25, 0.3) is 0 Å².